The number of ether oxygens (including phenoxy) is 1. The molecular formula is C18H17N3O3. The van der Waals surface area contributed by atoms with Crippen LogP contribution in [0.4, 0.5) is 10.6 Å². The first-order valence-electron chi connectivity index (χ1n) is 8.03. The molecule has 1 fully saturated rings. The highest BCUT2D eigenvalue weighted by molar-refractivity contribution is 6.20. The molecule has 1 aromatic carbocycles. The molecule has 0 bridgehead atoms. The maximum atomic E-state index is 12.1. The molecule has 4 rings (SSSR count). The van der Waals surface area contributed by atoms with E-state index in [4.69, 9.17) is 4.74 Å². The molecule has 122 valence electrons. The van der Waals surface area contributed by atoms with Crippen LogP contribution in [0.3, 0.4) is 0 Å². The minimum Gasteiger partial charge on any atom is -0.439 e. The van der Waals surface area contributed by atoms with Crippen molar-refractivity contribution in [3.05, 3.63) is 47.5 Å². The van der Waals surface area contributed by atoms with E-state index in [2.05, 4.69) is 16.4 Å². The van der Waals surface area contributed by atoms with Crippen molar-refractivity contribution in [3.63, 3.8) is 0 Å². The van der Waals surface area contributed by atoms with Crippen molar-refractivity contribution in [3.8, 4) is 11.6 Å². The number of aryl methyl sites for hydroxylation is 1. The second-order valence-corrected chi connectivity index (χ2v) is 6.03. The van der Waals surface area contributed by atoms with Gasteiger partial charge in [-0.25, -0.2) is 9.69 Å². The second kappa shape index (κ2) is 5.63. The maximum absolute atomic E-state index is 12.1. The van der Waals surface area contributed by atoms with Gasteiger partial charge in [-0.15, -0.1) is 0 Å². The van der Waals surface area contributed by atoms with E-state index < -0.39 is 12.1 Å². The Bertz CT molecular complexity index is 834. The number of pyridine rings is 1. The largest absolute Gasteiger partial charge is 0.439 e. The minimum atomic E-state index is -0.540. The SMILES string of the molecule is CC1NC(=O)N(c2cccc(Oc3cccc4c3CCC4)n2)C1=O. The highest BCUT2D eigenvalue weighted by atomic mass is 16.5. The number of aromatic nitrogens is 1. The molecule has 2 heterocycles. The zero-order valence-corrected chi connectivity index (χ0v) is 13.3. The molecule has 24 heavy (non-hydrogen) atoms. The Morgan fingerprint density at radius 1 is 1.17 bits per heavy atom. The fraction of sp³-hybridized carbons (Fsp3) is 0.278. The summed E-state index contributed by atoms with van der Waals surface area (Å²) in [6.45, 7) is 1.65. The molecule has 1 unspecified atom stereocenters. The van der Waals surface area contributed by atoms with Crippen LogP contribution in [0.2, 0.25) is 0 Å². The predicted molar refractivity (Wildman–Crippen MR) is 88.3 cm³/mol. The normalized spacial score (nSPS) is 19.4. The van der Waals surface area contributed by atoms with Crippen LogP contribution in [0.1, 0.15) is 24.5 Å². The molecule has 1 aliphatic carbocycles. The molecule has 1 saturated heterocycles. The summed E-state index contributed by atoms with van der Waals surface area (Å²) in [5.41, 5.74) is 2.53. The lowest BCUT2D eigenvalue weighted by Gasteiger charge is -2.14. The molecule has 1 N–H and O–H groups in total. The number of fused-ring (bicyclic) bond motifs is 1. The van der Waals surface area contributed by atoms with Crippen LogP contribution < -0.4 is 15.0 Å². The summed E-state index contributed by atoms with van der Waals surface area (Å²) in [6, 6.07) is 10.1. The van der Waals surface area contributed by atoms with Crippen LogP contribution in [-0.2, 0) is 17.6 Å². The monoisotopic (exact) mass is 323 g/mol. The first kappa shape index (κ1) is 14.7. The minimum absolute atomic E-state index is 0.270. The number of anilines is 1. The number of imide groups is 1. The van der Waals surface area contributed by atoms with E-state index in [0.717, 1.165) is 29.9 Å². The summed E-state index contributed by atoms with van der Waals surface area (Å²) < 4.78 is 5.94. The average Bonchev–Trinajstić information content (AvgIpc) is 3.13. The van der Waals surface area contributed by atoms with Gasteiger partial charge in [0.05, 0.1) is 0 Å². The van der Waals surface area contributed by atoms with Crippen LogP contribution in [0, 0.1) is 0 Å². The highest BCUT2D eigenvalue weighted by Crippen LogP contribution is 2.33. The number of hydrogen-bond acceptors (Lipinski definition) is 4. The topological polar surface area (TPSA) is 71.5 Å². The zero-order valence-electron chi connectivity index (χ0n) is 13.3. The van der Waals surface area contributed by atoms with Crippen molar-refractivity contribution >= 4 is 17.8 Å². The quantitative estimate of drug-likeness (QED) is 0.882. The Morgan fingerprint density at radius 2 is 2.00 bits per heavy atom. The third-order valence-corrected chi connectivity index (χ3v) is 4.39. The van der Waals surface area contributed by atoms with Gasteiger partial charge in [0.2, 0.25) is 5.88 Å². The Labute approximate surface area is 139 Å². The Balaban J connectivity index is 1.63. The molecule has 6 nitrogen and oxygen atoms in total. The van der Waals surface area contributed by atoms with Crippen LogP contribution in [0.25, 0.3) is 0 Å². The summed E-state index contributed by atoms with van der Waals surface area (Å²) in [4.78, 5) is 29.4. The summed E-state index contributed by atoms with van der Waals surface area (Å²) in [7, 11) is 0. The van der Waals surface area contributed by atoms with Crippen molar-refractivity contribution in [1.82, 2.24) is 10.3 Å². The van der Waals surface area contributed by atoms with Gasteiger partial charge in [0.15, 0.2) is 0 Å². The lowest BCUT2D eigenvalue weighted by molar-refractivity contribution is -0.118. The summed E-state index contributed by atoms with van der Waals surface area (Å²) >= 11 is 0. The molecule has 0 saturated carbocycles. The maximum Gasteiger partial charge on any atom is 0.330 e. The Morgan fingerprint density at radius 3 is 2.79 bits per heavy atom. The molecule has 0 spiro atoms. The molecule has 0 radical (unpaired) electrons. The van der Waals surface area contributed by atoms with Crippen molar-refractivity contribution in [2.24, 2.45) is 0 Å². The van der Waals surface area contributed by atoms with Crippen LogP contribution in [-0.4, -0.2) is 23.0 Å². The molecule has 1 aliphatic heterocycles. The van der Waals surface area contributed by atoms with Gasteiger partial charge in [-0.3, -0.25) is 4.79 Å². The lowest BCUT2D eigenvalue weighted by Crippen LogP contribution is -2.31. The molecule has 3 amide bonds. The fourth-order valence-corrected chi connectivity index (χ4v) is 3.20. The number of rotatable bonds is 3. The smallest absolute Gasteiger partial charge is 0.330 e. The van der Waals surface area contributed by atoms with Gasteiger partial charge in [-0.05, 0) is 49.4 Å². The standard InChI is InChI=1S/C18H17N3O3/c1-11-17(22)21(18(23)19-11)15-9-4-10-16(20-15)24-14-8-3-6-12-5-2-7-13(12)14/h3-4,6,8-11H,2,5,7H2,1H3,(H,19,23). The van der Waals surface area contributed by atoms with Crippen LogP contribution in [0.15, 0.2) is 36.4 Å². The van der Waals surface area contributed by atoms with E-state index in [9.17, 15) is 9.59 Å². The van der Waals surface area contributed by atoms with Gasteiger partial charge in [0, 0.05) is 6.07 Å². The predicted octanol–water partition coefficient (Wildman–Crippen LogP) is 2.81. The van der Waals surface area contributed by atoms with E-state index >= 15 is 0 Å². The number of amides is 3. The van der Waals surface area contributed by atoms with Crippen molar-refractivity contribution < 1.29 is 14.3 Å². The van der Waals surface area contributed by atoms with Crippen LogP contribution >= 0.6 is 0 Å². The first-order chi connectivity index (χ1) is 11.6. The van der Waals surface area contributed by atoms with E-state index in [1.165, 1.54) is 11.1 Å². The third kappa shape index (κ3) is 2.40. The second-order valence-electron chi connectivity index (χ2n) is 6.03. The third-order valence-electron chi connectivity index (χ3n) is 4.39. The Hall–Kier alpha value is -2.89. The van der Waals surface area contributed by atoms with Gasteiger partial charge >= 0.3 is 6.03 Å². The van der Waals surface area contributed by atoms with Crippen molar-refractivity contribution in [2.45, 2.75) is 32.2 Å². The van der Waals surface area contributed by atoms with Gasteiger partial charge in [-0.1, -0.05) is 18.2 Å². The summed E-state index contributed by atoms with van der Waals surface area (Å²) in [5, 5.41) is 2.57. The van der Waals surface area contributed by atoms with Gasteiger partial charge in [-0.2, -0.15) is 4.98 Å². The zero-order chi connectivity index (χ0) is 16.7. The van der Waals surface area contributed by atoms with Crippen molar-refractivity contribution in [2.75, 3.05) is 4.90 Å². The number of nitrogens with one attached hydrogen (secondary N) is 1. The van der Waals surface area contributed by atoms with E-state index in [0.29, 0.717) is 5.88 Å². The number of benzene rings is 1. The number of carbonyl (C=O) groups excluding carboxylic acids is 2. The average molecular weight is 323 g/mol. The van der Waals surface area contributed by atoms with E-state index in [1.807, 2.05) is 12.1 Å². The number of carbonyl (C=O) groups is 2. The molecule has 6 heteroatoms. The summed E-state index contributed by atoms with van der Waals surface area (Å²) in [6.07, 6.45) is 3.19. The lowest BCUT2D eigenvalue weighted by atomic mass is 10.1. The number of nitrogens with zero attached hydrogens (tertiary/aromatic N) is 2. The highest BCUT2D eigenvalue weighted by Gasteiger charge is 2.37. The number of hydrogen-bond donors (Lipinski definition) is 1. The van der Waals surface area contributed by atoms with E-state index in [-0.39, 0.29) is 11.7 Å². The van der Waals surface area contributed by atoms with Gasteiger partial charge in [0.25, 0.3) is 5.91 Å². The molecule has 1 atom stereocenters. The molecule has 2 aliphatic rings. The first-order valence-corrected chi connectivity index (χ1v) is 8.03. The van der Waals surface area contributed by atoms with Gasteiger partial charge < -0.3 is 10.1 Å². The van der Waals surface area contributed by atoms with Gasteiger partial charge in [0.1, 0.15) is 17.6 Å². The molecule has 2 aromatic rings. The Kier molecular flexibility index (Phi) is 3.45. The van der Waals surface area contributed by atoms with Crippen molar-refractivity contribution in [1.29, 1.82) is 0 Å². The van der Waals surface area contributed by atoms with Crippen LogP contribution in [0.5, 0.6) is 11.6 Å². The molecular weight excluding hydrogens is 306 g/mol. The molecule has 1 aromatic heterocycles. The summed E-state index contributed by atoms with van der Waals surface area (Å²) in [5.74, 6) is 1.12. The fourth-order valence-electron chi connectivity index (χ4n) is 3.20. The number of urea groups is 1. The van der Waals surface area contributed by atoms with E-state index in [1.54, 1.807) is 25.1 Å².